The minimum Gasteiger partial charge on any atom is -0.481 e. The second kappa shape index (κ2) is 6.24. The lowest BCUT2D eigenvalue weighted by Crippen LogP contribution is -2.53. The Labute approximate surface area is 119 Å². The fraction of sp³-hybridized carbons (Fsp3) is 0.786. The summed E-state index contributed by atoms with van der Waals surface area (Å²) in [7, 11) is 0. The Bertz CT molecular complexity index is 396. The van der Waals surface area contributed by atoms with Gasteiger partial charge in [-0.05, 0) is 47.0 Å². The summed E-state index contributed by atoms with van der Waals surface area (Å²) in [6, 6.07) is -0.228. The van der Waals surface area contributed by atoms with E-state index < -0.39 is 23.3 Å². The maximum absolute atomic E-state index is 12.1. The van der Waals surface area contributed by atoms with Crippen LogP contribution >= 0.6 is 0 Å². The summed E-state index contributed by atoms with van der Waals surface area (Å²) in [5.41, 5.74) is -1.18. The number of imide groups is 1. The summed E-state index contributed by atoms with van der Waals surface area (Å²) in [6.07, 6.45) is 2.70. The Hall–Kier alpha value is -1.59. The first kappa shape index (κ1) is 16.5. The Kier molecular flexibility index (Phi) is 5.14. The first-order valence-electron chi connectivity index (χ1n) is 7.00. The first-order valence-corrected chi connectivity index (χ1v) is 7.00. The van der Waals surface area contributed by atoms with E-state index >= 15 is 0 Å². The SMILES string of the molecule is CC1CCCC(C)N1C(=O)NC(=O)CC(C)(C)C(=O)O. The predicted molar refractivity (Wildman–Crippen MR) is 74.2 cm³/mol. The van der Waals surface area contributed by atoms with Crippen LogP contribution in [0.4, 0.5) is 4.79 Å². The highest BCUT2D eigenvalue weighted by molar-refractivity contribution is 5.96. The molecule has 6 nitrogen and oxygen atoms in total. The van der Waals surface area contributed by atoms with Crippen LogP contribution in [0.3, 0.4) is 0 Å². The second-order valence-electron chi connectivity index (χ2n) is 6.26. The third-order valence-corrected chi connectivity index (χ3v) is 3.86. The molecule has 0 aromatic rings. The lowest BCUT2D eigenvalue weighted by molar-refractivity contribution is -0.149. The molecule has 1 heterocycles. The molecule has 0 spiro atoms. The summed E-state index contributed by atoms with van der Waals surface area (Å²) in [5, 5.41) is 11.3. The molecule has 0 aromatic carbocycles. The van der Waals surface area contributed by atoms with Gasteiger partial charge in [-0.3, -0.25) is 14.9 Å². The van der Waals surface area contributed by atoms with Crippen LogP contribution in [0.1, 0.15) is 53.4 Å². The van der Waals surface area contributed by atoms with Gasteiger partial charge in [-0.15, -0.1) is 0 Å². The molecule has 0 radical (unpaired) electrons. The number of nitrogens with one attached hydrogen (secondary N) is 1. The number of carbonyl (C=O) groups is 3. The van der Waals surface area contributed by atoms with Crippen molar-refractivity contribution in [1.29, 1.82) is 0 Å². The minimum absolute atomic E-state index is 0.0963. The van der Waals surface area contributed by atoms with Gasteiger partial charge in [0.2, 0.25) is 5.91 Å². The Morgan fingerprint density at radius 3 is 2.15 bits per heavy atom. The van der Waals surface area contributed by atoms with Crippen LogP contribution in [0.25, 0.3) is 0 Å². The number of urea groups is 1. The van der Waals surface area contributed by atoms with Gasteiger partial charge in [0.05, 0.1) is 5.41 Å². The lowest BCUT2D eigenvalue weighted by Gasteiger charge is -2.38. The van der Waals surface area contributed by atoms with Crippen LogP contribution in [0.15, 0.2) is 0 Å². The van der Waals surface area contributed by atoms with Crippen LogP contribution in [0, 0.1) is 5.41 Å². The number of rotatable bonds is 3. The van der Waals surface area contributed by atoms with E-state index in [4.69, 9.17) is 5.11 Å². The smallest absolute Gasteiger partial charge is 0.324 e. The number of carboxylic acid groups (broad SMARTS) is 1. The zero-order valence-corrected chi connectivity index (χ0v) is 12.6. The fourth-order valence-corrected chi connectivity index (χ4v) is 2.53. The highest BCUT2D eigenvalue weighted by Crippen LogP contribution is 2.23. The summed E-state index contributed by atoms with van der Waals surface area (Å²) in [6.45, 7) is 6.85. The molecule has 114 valence electrons. The first-order chi connectivity index (χ1) is 9.15. The van der Waals surface area contributed by atoms with Crippen LogP contribution in [0.2, 0.25) is 0 Å². The van der Waals surface area contributed by atoms with Gasteiger partial charge in [-0.25, -0.2) is 4.79 Å². The molecule has 1 saturated heterocycles. The number of piperidine rings is 1. The van der Waals surface area contributed by atoms with Crippen molar-refractivity contribution in [2.45, 2.75) is 65.5 Å². The molecule has 20 heavy (non-hydrogen) atoms. The Balaban J connectivity index is 2.61. The number of carboxylic acids is 1. The molecule has 0 aromatic heterocycles. The van der Waals surface area contributed by atoms with Crippen LogP contribution in [-0.2, 0) is 9.59 Å². The van der Waals surface area contributed by atoms with Crippen LogP contribution in [-0.4, -0.2) is 40.0 Å². The number of aliphatic carboxylic acids is 1. The van der Waals surface area contributed by atoms with Gasteiger partial charge >= 0.3 is 12.0 Å². The predicted octanol–water partition coefficient (Wildman–Crippen LogP) is 1.99. The van der Waals surface area contributed by atoms with E-state index in [0.29, 0.717) is 0 Å². The van der Waals surface area contributed by atoms with Crippen LogP contribution < -0.4 is 5.32 Å². The van der Waals surface area contributed by atoms with Crippen molar-refractivity contribution < 1.29 is 19.5 Å². The van der Waals surface area contributed by atoms with Gasteiger partial charge in [0.25, 0.3) is 0 Å². The molecule has 1 aliphatic rings. The van der Waals surface area contributed by atoms with Gasteiger partial charge in [-0.1, -0.05) is 0 Å². The van der Waals surface area contributed by atoms with E-state index in [1.54, 1.807) is 4.90 Å². The Morgan fingerprint density at radius 1 is 1.20 bits per heavy atom. The number of carbonyl (C=O) groups excluding carboxylic acids is 2. The molecule has 1 aliphatic heterocycles. The van der Waals surface area contributed by atoms with Gasteiger partial charge < -0.3 is 10.0 Å². The molecule has 1 rings (SSSR count). The summed E-state index contributed by atoms with van der Waals surface area (Å²) >= 11 is 0. The molecule has 6 heteroatoms. The minimum atomic E-state index is -1.18. The van der Waals surface area contributed by atoms with Gasteiger partial charge in [-0.2, -0.15) is 0 Å². The van der Waals surface area contributed by atoms with E-state index in [9.17, 15) is 14.4 Å². The summed E-state index contributed by atoms with van der Waals surface area (Å²) in [5.74, 6) is -1.60. The highest BCUT2D eigenvalue weighted by Gasteiger charge is 2.33. The van der Waals surface area contributed by atoms with E-state index in [1.807, 2.05) is 13.8 Å². The normalized spacial score (nSPS) is 23.3. The quantitative estimate of drug-likeness (QED) is 0.829. The Morgan fingerprint density at radius 2 is 1.70 bits per heavy atom. The average molecular weight is 284 g/mol. The van der Waals surface area contributed by atoms with Gasteiger partial charge in [0.1, 0.15) is 0 Å². The van der Waals surface area contributed by atoms with Gasteiger partial charge in [0.15, 0.2) is 0 Å². The average Bonchev–Trinajstić information content (AvgIpc) is 2.27. The van der Waals surface area contributed by atoms with E-state index in [-0.39, 0.29) is 18.5 Å². The zero-order valence-electron chi connectivity index (χ0n) is 12.6. The van der Waals surface area contributed by atoms with E-state index in [0.717, 1.165) is 19.3 Å². The number of amides is 3. The van der Waals surface area contributed by atoms with Crippen molar-refractivity contribution in [3.8, 4) is 0 Å². The van der Waals surface area contributed by atoms with Crippen molar-refractivity contribution in [2.75, 3.05) is 0 Å². The number of likely N-dealkylation sites (tertiary alicyclic amines) is 1. The van der Waals surface area contributed by atoms with Crippen molar-refractivity contribution in [1.82, 2.24) is 10.2 Å². The van der Waals surface area contributed by atoms with Gasteiger partial charge in [0, 0.05) is 18.5 Å². The molecule has 2 unspecified atom stereocenters. The van der Waals surface area contributed by atoms with Crippen molar-refractivity contribution in [3.63, 3.8) is 0 Å². The van der Waals surface area contributed by atoms with Crippen LogP contribution in [0.5, 0.6) is 0 Å². The maximum atomic E-state index is 12.1. The number of nitrogens with zero attached hydrogens (tertiary/aromatic N) is 1. The molecule has 0 saturated carbocycles. The van der Waals surface area contributed by atoms with E-state index in [2.05, 4.69) is 5.32 Å². The lowest BCUT2D eigenvalue weighted by atomic mass is 9.89. The monoisotopic (exact) mass is 284 g/mol. The number of hydrogen-bond donors (Lipinski definition) is 2. The largest absolute Gasteiger partial charge is 0.481 e. The number of hydrogen-bond acceptors (Lipinski definition) is 3. The van der Waals surface area contributed by atoms with Crippen molar-refractivity contribution in [3.05, 3.63) is 0 Å². The zero-order chi connectivity index (χ0) is 15.5. The summed E-state index contributed by atoms with van der Waals surface area (Å²) < 4.78 is 0. The summed E-state index contributed by atoms with van der Waals surface area (Å²) in [4.78, 5) is 36.6. The molecule has 0 aliphatic carbocycles. The third kappa shape index (κ3) is 3.95. The second-order valence-corrected chi connectivity index (χ2v) is 6.26. The van der Waals surface area contributed by atoms with Crippen molar-refractivity contribution >= 4 is 17.9 Å². The molecule has 3 amide bonds. The third-order valence-electron chi connectivity index (χ3n) is 3.86. The van der Waals surface area contributed by atoms with Crippen molar-refractivity contribution in [2.24, 2.45) is 5.41 Å². The molecule has 2 atom stereocenters. The molecule has 0 bridgehead atoms. The highest BCUT2D eigenvalue weighted by atomic mass is 16.4. The molecular weight excluding hydrogens is 260 g/mol. The van der Waals surface area contributed by atoms with E-state index in [1.165, 1.54) is 13.8 Å². The molecular formula is C14H24N2O4. The molecule has 1 fully saturated rings. The molecule has 2 N–H and O–H groups in total. The fourth-order valence-electron chi connectivity index (χ4n) is 2.53. The standard InChI is InChI=1S/C14H24N2O4/c1-9-6-5-7-10(2)16(9)13(20)15-11(17)8-14(3,4)12(18)19/h9-10H,5-8H2,1-4H3,(H,18,19)(H,15,17,20). The maximum Gasteiger partial charge on any atom is 0.324 e. The topological polar surface area (TPSA) is 86.7 Å².